The van der Waals surface area contributed by atoms with Crippen molar-refractivity contribution in [3.63, 3.8) is 0 Å². The lowest BCUT2D eigenvalue weighted by Gasteiger charge is -2.09. The molecule has 7 nitrogen and oxygen atoms in total. The number of aryl methyl sites for hydroxylation is 2. The second kappa shape index (κ2) is 4.29. The molecule has 3 heterocycles. The van der Waals surface area contributed by atoms with Crippen LogP contribution in [-0.4, -0.2) is 23.9 Å². The molecule has 0 spiro atoms. The maximum atomic E-state index is 12.4. The smallest absolute Gasteiger partial charge is 0.332 e. The highest BCUT2D eigenvalue weighted by atomic mass is 16.2. The first kappa shape index (κ1) is 12.6. The topological polar surface area (TPSA) is 74.7 Å². The van der Waals surface area contributed by atoms with Crippen LogP contribution in [0.1, 0.15) is 13.3 Å². The number of hydrogen-bond acceptors (Lipinski definition) is 4. The molecule has 3 rings (SSSR count). The molecule has 104 valence electrons. The van der Waals surface area contributed by atoms with E-state index in [1.54, 1.807) is 7.05 Å². The van der Waals surface area contributed by atoms with Gasteiger partial charge in [-0.15, -0.1) is 10.2 Å². The Morgan fingerprint density at radius 2 is 1.90 bits per heavy atom. The van der Waals surface area contributed by atoms with Crippen LogP contribution in [0.5, 0.6) is 0 Å². The van der Waals surface area contributed by atoms with Crippen LogP contribution < -0.4 is 11.2 Å². The van der Waals surface area contributed by atoms with Gasteiger partial charge >= 0.3 is 5.69 Å². The predicted molar refractivity (Wildman–Crippen MR) is 75.8 cm³/mol. The van der Waals surface area contributed by atoms with Gasteiger partial charge in [-0.1, -0.05) is 6.92 Å². The predicted octanol–water partition coefficient (Wildman–Crippen LogP) is 0.392. The molecule has 0 saturated heterocycles. The van der Waals surface area contributed by atoms with Crippen molar-refractivity contribution in [2.75, 3.05) is 0 Å². The molecule has 20 heavy (non-hydrogen) atoms. The number of hydrogen-bond donors (Lipinski definition) is 0. The summed E-state index contributed by atoms with van der Waals surface area (Å²) in [6.45, 7) is 2.85. The van der Waals surface area contributed by atoms with Gasteiger partial charge in [-0.25, -0.2) is 4.79 Å². The van der Waals surface area contributed by atoms with Crippen LogP contribution in [0.2, 0.25) is 0 Å². The van der Waals surface area contributed by atoms with Crippen LogP contribution in [0, 0.1) is 0 Å². The second-order valence-corrected chi connectivity index (χ2v) is 4.85. The molecule has 0 aliphatic rings. The standard InChI is InChI=1S/C13H15N5O2/c1-4-6-18-7-5-8-10(18)9-11(15-14-8)16(2)13(20)17(3)12(9)19/h5,7H,4,6H2,1-3H3. The molecule has 0 amide bonds. The third kappa shape index (κ3) is 1.52. The molecule has 3 aromatic heterocycles. The molecule has 0 aliphatic heterocycles. The van der Waals surface area contributed by atoms with Gasteiger partial charge < -0.3 is 4.57 Å². The van der Waals surface area contributed by atoms with E-state index in [-0.39, 0.29) is 5.56 Å². The van der Waals surface area contributed by atoms with E-state index in [0.29, 0.717) is 16.6 Å². The Labute approximate surface area is 114 Å². The highest BCUT2D eigenvalue weighted by Gasteiger charge is 2.16. The summed E-state index contributed by atoms with van der Waals surface area (Å²) < 4.78 is 4.44. The Hall–Kier alpha value is -2.44. The first-order valence-corrected chi connectivity index (χ1v) is 6.47. The lowest BCUT2D eigenvalue weighted by atomic mass is 10.3. The van der Waals surface area contributed by atoms with Gasteiger partial charge in [-0.2, -0.15) is 0 Å². The molecule has 0 N–H and O–H groups in total. The van der Waals surface area contributed by atoms with E-state index in [9.17, 15) is 9.59 Å². The zero-order chi connectivity index (χ0) is 14.4. The van der Waals surface area contributed by atoms with E-state index in [1.165, 1.54) is 11.6 Å². The number of nitrogens with zero attached hydrogens (tertiary/aromatic N) is 5. The molecule has 0 radical (unpaired) electrons. The molecule has 0 bridgehead atoms. The third-order valence-corrected chi connectivity index (χ3v) is 3.53. The first-order chi connectivity index (χ1) is 9.56. The Morgan fingerprint density at radius 3 is 2.60 bits per heavy atom. The monoisotopic (exact) mass is 273 g/mol. The number of aromatic nitrogens is 5. The van der Waals surface area contributed by atoms with Crippen molar-refractivity contribution in [2.45, 2.75) is 19.9 Å². The van der Waals surface area contributed by atoms with Crippen molar-refractivity contribution >= 4 is 22.1 Å². The molecular weight excluding hydrogens is 258 g/mol. The minimum Gasteiger partial charge on any atom is -0.345 e. The van der Waals surface area contributed by atoms with Crippen LogP contribution in [0.4, 0.5) is 0 Å². The zero-order valence-electron chi connectivity index (χ0n) is 11.6. The fraction of sp³-hybridized carbons (Fsp3) is 0.385. The molecule has 3 aromatic rings. The normalized spacial score (nSPS) is 11.6. The Morgan fingerprint density at radius 1 is 1.15 bits per heavy atom. The van der Waals surface area contributed by atoms with Crippen molar-refractivity contribution in [3.8, 4) is 0 Å². The summed E-state index contributed by atoms with van der Waals surface area (Å²) in [6, 6.07) is 1.84. The van der Waals surface area contributed by atoms with Crippen molar-refractivity contribution in [2.24, 2.45) is 14.1 Å². The van der Waals surface area contributed by atoms with Crippen LogP contribution in [0.25, 0.3) is 22.1 Å². The van der Waals surface area contributed by atoms with Gasteiger partial charge in [0.1, 0.15) is 10.9 Å². The van der Waals surface area contributed by atoms with E-state index in [1.807, 2.05) is 16.8 Å². The van der Waals surface area contributed by atoms with Crippen molar-refractivity contribution in [3.05, 3.63) is 33.1 Å². The minimum atomic E-state index is -0.398. The maximum Gasteiger partial charge on any atom is 0.332 e. The molecule has 0 fully saturated rings. The highest BCUT2D eigenvalue weighted by molar-refractivity contribution is 5.99. The van der Waals surface area contributed by atoms with Crippen LogP contribution >= 0.6 is 0 Å². The second-order valence-electron chi connectivity index (χ2n) is 4.85. The number of fused-ring (bicyclic) bond motifs is 3. The van der Waals surface area contributed by atoms with Gasteiger partial charge in [0.15, 0.2) is 5.65 Å². The van der Waals surface area contributed by atoms with Crippen LogP contribution in [0.15, 0.2) is 21.9 Å². The lowest BCUT2D eigenvalue weighted by molar-refractivity contribution is 0.693. The van der Waals surface area contributed by atoms with Crippen molar-refractivity contribution in [1.82, 2.24) is 23.9 Å². The molecular formula is C13H15N5O2. The first-order valence-electron chi connectivity index (χ1n) is 6.47. The summed E-state index contributed by atoms with van der Waals surface area (Å²) in [5, 5.41) is 8.58. The summed E-state index contributed by atoms with van der Waals surface area (Å²) in [7, 11) is 3.07. The Kier molecular flexibility index (Phi) is 2.70. The average molecular weight is 273 g/mol. The summed E-state index contributed by atoms with van der Waals surface area (Å²) in [5.41, 5.74) is 1.00. The summed E-state index contributed by atoms with van der Waals surface area (Å²) in [6.07, 6.45) is 2.84. The average Bonchev–Trinajstić information content (AvgIpc) is 2.85. The van der Waals surface area contributed by atoms with Gasteiger partial charge in [0, 0.05) is 26.8 Å². The van der Waals surface area contributed by atoms with Gasteiger partial charge in [0.2, 0.25) is 0 Å². The van der Waals surface area contributed by atoms with E-state index < -0.39 is 5.69 Å². The third-order valence-electron chi connectivity index (χ3n) is 3.53. The minimum absolute atomic E-state index is 0.321. The van der Waals surface area contributed by atoms with Crippen molar-refractivity contribution < 1.29 is 0 Å². The number of rotatable bonds is 2. The summed E-state index contributed by atoms with van der Waals surface area (Å²) in [4.78, 5) is 24.4. The molecule has 0 saturated carbocycles. The van der Waals surface area contributed by atoms with Crippen LogP contribution in [0.3, 0.4) is 0 Å². The zero-order valence-corrected chi connectivity index (χ0v) is 11.6. The Bertz CT molecular complexity index is 932. The van der Waals surface area contributed by atoms with Crippen molar-refractivity contribution in [1.29, 1.82) is 0 Å². The van der Waals surface area contributed by atoms with Gasteiger partial charge in [-0.05, 0) is 12.5 Å². The van der Waals surface area contributed by atoms with E-state index in [2.05, 4.69) is 17.1 Å². The van der Waals surface area contributed by atoms with E-state index in [0.717, 1.165) is 23.0 Å². The summed E-state index contributed by atoms with van der Waals surface area (Å²) in [5.74, 6) is 0. The van der Waals surface area contributed by atoms with Crippen LogP contribution in [-0.2, 0) is 20.6 Å². The SMILES string of the molecule is CCCn1ccc2nnc3c(c(=O)n(C)c(=O)n3C)c21. The van der Waals surface area contributed by atoms with Gasteiger partial charge in [0.05, 0.1) is 5.52 Å². The van der Waals surface area contributed by atoms with E-state index >= 15 is 0 Å². The molecule has 0 atom stereocenters. The Balaban J connectivity index is 2.63. The molecule has 0 aromatic carbocycles. The quantitative estimate of drug-likeness (QED) is 0.677. The molecule has 0 aliphatic carbocycles. The maximum absolute atomic E-state index is 12.4. The van der Waals surface area contributed by atoms with Gasteiger partial charge in [0.25, 0.3) is 5.56 Å². The molecule has 7 heteroatoms. The largest absolute Gasteiger partial charge is 0.345 e. The fourth-order valence-corrected chi connectivity index (χ4v) is 2.50. The fourth-order valence-electron chi connectivity index (χ4n) is 2.50. The molecule has 0 unspecified atom stereocenters. The summed E-state index contributed by atoms with van der Waals surface area (Å²) >= 11 is 0. The lowest BCUT2D eigenvalue weighted by Crippen LogP contribution is -2.37. The van der Waals surface area contributed by atoms with E-state index in [4.69, 9.17) is 0 Å². The van der Waals surface area contributed by atoms with Gasteiger partial charge in [-0.3, -0.25) is 13.9 Å². The highest BCUT2D eigenvalue weighted by Crippen LogP contribution is 2.19.